The molecule has 1 aromatic carbocycles. The maximum atomic E-state index is 4.14. The summed E-state index contributed by atoms with van der Waals surface area (Å²) in [5.74, 6) is 0. The Morgan fingerprint density at radius 1 is 1.38 bits per heavy atom. The van der Waals surface area contributed by atoms with E-state index in [1.165, 1.54) is 11.1 Å². The number of imidazole rings is 1. The Bertz CT molecular complexity index is 474. The van der Waals surface area contributed by atoms with Crippen molar-refractivity contribution in [2.24, 2.45) is 7.05 Å². The molecule has 0 saturated carbocycles. The van der Waals surface area contributed by atoms with Crippen LogP contribution in [0, 0.1) is 0 Å². The maximum absolute atomic E-state index is 4.14. The number of nitrogens with one attached hydrogen (secondary N) is 1. The summed E-state index contributed by atoms with van der Waals surface area (Å²) in [5.41, 5.74) is 3.64. The van der Waals surface area contributed by atoms with Crippen LogP contribution in [0.2, 0.25) is 0 Å². The van der Waals surface area contributed by atoms with Crippen LogP contribution in [0.25, 0.3) is 11.3 Å². The Balaban J connectivity index is 2.40. The van der Waals surface area contributed by atoms with Gasteiger partial charge in [0, 0.05) is 18.7 Å². The van der Waals surface area contributed by atoms with E-state index in [1.807, 2.05) is 31.2 Å². The molecule has 0 aliphatic rings. The Morgan fingerprint density at radius 3 is 2.81 bits per heavy atom. The van der Waals surface area contributed by atoms with Gasteiger partial charge in [-0.05, 0) is 25.6 Å². The zero-order valence-electron chi connectivity index (χ0n) is 9.94. The SMILES string of the molecule is CNC(C)c1cccc(-c2cncn2C)c1. The van der Waals surface area contributed by atoms with Crippen molar-refractivity contribution in [2.75, 3.05) is 7.05 Å². The Kier molecular flexibility index (Phi) is 3.06. The van der Waals surface area contributed by atoms with Crippen LogP contribution in [0.4, 0.5) is 0 Å². The zero-order valence-corrected chi connectivity index (χ0v) is 9.94. The van der Waals surface area contributed by atoms with E-state index >= 15 is 0 Å². The third-order valence-electron chi connectivity index (χ3n) is 2.93. The smallest absolute Gasteiger partial charge is 0.0948 e. The van der Waals surface area contributed by atoms with Crippen molar-refractivity contribution in [3.8, 4) is 11.3 Å². The van der Waals surface area contributed by atoms with Crippen LogP contribution in [-0.4, -0.2) is 16.6 Å². The van der Waals surface area contributed by atoms with Gasteiger partial charge in [-0.25, -0.2) is 4.98 Å². The van der Waals surface area contributed by atoms with Gasteiger partial charge < -0.3 is 9.88 Å². The Morgan fingerprint density at radius 2 is 2.19 bits per heavy atom. The summed E-state index contributed by atoms with van der Waals surface area (Å²) in [7, 11) is 3.98. The van der Waals surface area contributed by atoms with E-state index in [2.05, 4.69) is 41.5 Å². The zero-order chi connectivity index (χ0) is 11.5. The number of hydrogen-bond acceptors (Lipinski definition) is 2. The predicted molar refractivity (Wildman–Crippen MR) is 66.1 cm³/mol. The first kappa shape index (κ1) is 10.9. The molecule has 2 aromatic rings. The van der Waals surface area contributed by atoms with Crippen molar-refractivity contribution in [1.82, 2.24) is 14.9 Å². The third kappa shape index (κ3) is 1.99. The largest absolute Gasteiger partial charge is 0.334 e. The Hall–Kier alpha value is -1.61. The number of benzene rings is 1. The van der Waals surface area contributed by atoms with Gasteiger partial charge in [-0.1, -0.05) is 18.2 Å². The minimum absolute atomic E-state index is 0.369. The van der Waals surface area contributed by atoms with Crippen LogP contribution in [0.15, 0.2) is 36.8 Å². The lowest BCUT2D eigenvalue weighted by molar-refractivity contribution is 0.652. The number of rotatable bonds is 3. The van der Waals surface area contributed by atoms with Crippen molar-refractivity contribution in [3.63, 3.8) is 0 Å². The van der Waals surface area contributed by atoms with Crippen LogP contribution in [0.3, 0.4) is 0 Å². The van der Waals surface area contributed by atoms with Crippen molar-refractivity contribution in [2.45, 2.75) is 13.0 Å². The van der Waals surface area contributed by atoms with Gasteiger partial charge in [0.15, 0.2) is 0 Å². The molecule has 0 bridgehead atoms. The maximum Gasteiger partial charge on any atom is 0.0948 e. The lowest BCUT2D eigenvalue weighted by Gasteiger charge is -2.12. The van der Waals surface area contributed by atoms with E-state index in [1.54, 1.807) is 0 Å². The van der Waals surface area contributed by atoms with E-state index in [0.717, 1.165) is 5.69 Å². The van der Waals surface area contributed by atoms with E-state index in [4.69, 9.17) is 0 Å². The highest BCUT2D eigenvalue weighted by molar-refractivity contribution is 5.60. The molecule has 0 fully saturated rings. The average molecular weight is 215 g/mol. The van der Waals surface area contributed by atoms with Crippen LogP contribution in [-0.2, 0) is 7.05 Å². The minimum Gasteiger partial charge on any atom is -0.334 e. The summed E-state index contributed by atoms with van der Waals surface area (Å²) in [6.07, 6.45) is 3.71. The van der Waals surface area contributed by atoms with Gasteiger partial charge in [-0.3, -0.25) is 0 Å². The summed E-state index contributed by atoms with van der Waals surface area (Å²) in [6.45, 7) is 2.16. The van der Waals surface area contributed by atoms with Crippen LogP contribution in [0.1, 0.15) is 18.5 Å². The van der Waals surface area contributed by atoms with Gasteiger partial charge in [-0.15, -0.1) is 0 Å². The first-order valence-corrected chi connectivity index (χ1v) is 5.46. The first-order chi connectivity index (χ1) is 7.72. The lowest BCUT2D eigenvalue weighted by Crippen LogP contribution is -2.12. The van der Waals surface area contributed by atoms with Gasteiger partial charge >= 0.3 is 0 Å². The number of hydrogen-bond donors (Lipinski definition) is 1. The third-order valence-corrected chi connectivity index (χ3v) is 2.93. The second kappa shape index (κ2) is 4.49. The predicted octanol–water partition coefficient (Wildman–Crippen LogP) is 2.37. The molecule has 16 heavy (non-hydrogen) atoms. The molecular weight excluding hydrogens is 198 g/mol. The fraction of sp³-hybridized carbons (Fsp3) is 0.308. The molecule has 3 heteroatoms. The molecule has 1 heterocycles. The molecule has 1 atom stereocenters. The monoisotopic (exact) mass is 215 g/mol. The topological polar surface area (TPSA) is 29.9 Å². The molecule has 1 unspecified atom stereocenters. The van der Waals surface area contributed by atoms with Gasteiger partial charge in [0.05, 0.1) is 18.2 Å². The minimum atomic E-state index is 0.369. The molecule has 0 saturated heterocycles. The fourth-order valence-corrected chi connectivity index (χ4v) is 1.77. The van der Waals surface area contributed by atoms with E-state index in [-0.39, 0.29) is 0 Å². The molecule has 0 amide bonds. The molecule has 0 spiro atoms. The summed E-state index contributed by atoms with van der Waals surface area (Å²) in [4.78, 5) is 4.14. The average Bonchev–Trinajstić information content (AvgIpc) is 2.74. The van der Waals surface area contributed by atoms with Crippen LogP contribution in [0.5, 0.6) is 0 Å². The second-order valence-corrected chi connectivity index (χ2v) is 4.03. The summed E-state index contributed by atoms with van der Waals surface area (Å²) >= 11 is 0. The summed E-state index contributed by atoms with van der Waals surface area (Å²) in [6, 6.07) is 8.92. The van der Waals surface area contributed by atoms with Crippen LogP contribution >= 0.6 is 0 Å². The molecular formula is C13H17N3. The van der Waals surface area contributed by atoms with Gasteiger partial charge in [0.25, 0.3) is 0 Å². The highest BCUT2D eigenvalue weighted by Crippen LogP contribution is 2.22. The second-order valence-electron chi connectivity index (χ2n) is 4.03. The van der Waals surface area contributed by atoms with E-state index in [0.29, 0.717) is 6.04 Å². The molecule has 3 nitrogen and oxygen atoms in total. The van der Waals surface area contributed by atoms with Gasteiger partial charge in [0.1, 0.15) is 0 Å². The molecule has 2 rings (SSSR count). The quantitative estimate of drug-likeness (QED) is 0.851. The highest BCUT2D eigenvalue weighted by Gasteiger charge is 2.06. The van der Waals surface area contributed by atoms with Crippen molar-refractivity contribution >= 4 is 0 Å². The van der Waals surface area contributed by atoms with Crippen molar-refractivity contribution in [1.29, 1.82) is 0 Å². The molecule has 84 valence electrons. The first-order valence-electron chi connectivity index (χ1n) is 5.46. The molecule has 0 radical (unpaired) electrons. The molecule has 1 aromatic heterocycles. The van der Waals surface area contributed by atoms with E-state index < -0.39 is 0 Å². The number of nitrogens with zero attached hydrogens (tertiary/aromatic N) is 2. The summed E-state index contributed by atoms with van der Waals surface area (Å²) < 4.78 is 2.03. The molecule has 0 aliphatic heterocycles. The number of aromatic nitrogens is 2. The van der Waals surface area contributed by atoms with Crippen molar-refractivity contribution < 1.29 is 0 Å². The highest BCUT2D eigenvalue weighted by atomic mass is 15.0. The normalized spacial score (nSPS) is 12.7. The summed E-state index contributed by atoms with van der Waals surface area (Å²) in [5, 5.41) is 3.25. The van der Waals surface area contributed by atoms with Gasteiger partial charge in [0.2, 0.25) is 0 Å². The standard InChI is InChI=1S/C13H17N3/c1-10(14-2)11-5-4-6-12(7-11)13-8-15-9-16(13)3/h4-10,14H,1-3H3. The van der Waals surface area contributed by atoms with Crippen LogP contribution < -0.4 is 5.32 Å². The van der Waals surface area contributed by atoms with Gasteiger partial charge in [-0.2, -0.15) is 0 Å². The van der Waals surface area contributed by atoms with Crippen molar-refractivity contribution in [3.05, 3.63) is 42.4 Å². The fourth-order valence-electron chi connectivity index (χ4n) is 1.77. The lowest BCUT2D eigenvalue weighted by atomic mass is 10.0. The Labute approximate surface area is 96.1 Å². The molecule has 0 aliphatic carbocycles. The number of aryl methyl sites for hydroxylation is 1. The molecule has 1 N–H and O–H groups in total. The van der Waals surface area contributed by atoms with E-state index in [9.17, 15) is 0 Å².